The smallest absolute Gasteiger partial charge is 0.0703 e. The first-order valence-corrected chi connectivity index (χ1v) is 8.32. The molecule has 20 heavy (non-hydrogen) atoms. The topological polar surface area (TPSA) is 38.0 Å². The summed E-state index contributed by atoms with van der Waals surface area (Å²) in [6.45, 7) is 6.63. The molecule has 3 nitrogen and oxygen atoms in total. The third-order valence-corrected chi connectivity index (χ3v) is 5.07. The molecule has 114 valence electrons. The van der Waals surface area contributed by atoms with Gasteiger partial charge in [-0.05, 0) is 44.6 Å². The summed E-state index contributed by atoms with van der Waals surface area (Å²) in [5.41, 5.74) is 0.515. The molecule has 0 aromatic carbocycles. The van der Waals surface area contributed by atoms with Crippen LogP contribution in [0.3, 0.4) is 0 Å². The summed E-state index contributed by atoms with van der Waals surface area (Å²) in [6, 6.07) is 2.52. The fourth-order valence-electron chi connectivity index (χ4n) is 3.29. The van der Waals surface area contributed by atoms with Crippen LogP contribution in [-0.4, -0.2) is 20.5 Å². The Kier molecular flexibility index (Phi) is 5.25. The highest BCUT2D eigenvalue weighted by atomic mass is 16.3. The molecule has 0 aliphatic heterocycles. The zero-order valence-corrected chi connectivity index (χ0v) is 13.3. The standard InChI is InChI=1S/C17H30N2O/c1-4-14(3)19-12-9-16(18-19)13-17(20)10-6-7-15(5-2)8-11-17/h9,12,14-15,20H,4-8,10-11,13H2,1-3H3. The van der Waals surface area contributed by atoms with E-state index in [2.05, 4.69) is 38.1 Å². The summed E-state index contributed by atoms with van der Waals surface area (Å²) in [4.78, 5) is 0. The highest BCUT2D eigenvalue weighted by molar-refractivity contribution is 5.05. The first-order valence-electron chi connectivity index (χ1n) is 8.32. The van der Waals surface area contributed by atoms with Gasteiger partial charge >= 0.3 is 0 Å². The second-order valence-electron chi connectivity index (χ2n) is 6.65. The maximum Gasteiger partial charge on any atom is 0.0703 e. The van der Waals surface area contributed by atoms with Crippen molar-refractivity contribution < 1.29 is 5.11 Å². The van der Waals surface area contributed by atoms with Crippen molar-refractivity contribution in [1.82, 2.24) is 9.78 Å². The predicted octanol–water partition coefficient (Wildman–Crippen LogP) is 4.12. The van der Waals surface area contributed by atoms with Crippen LogP contribution in [0.5, 0.6) is 0 Å². The van der Waals surface area contributed by atoms with Crippen LogP contribution in [0.2, 0.25) is 0 Å². The largest absolute Gasteiger partial charge is 0.389 e. The summed E-state index contributed by atoms with van der Waals surface area (Å²) in [6.07, 6.45) is 10.6. The van der Waals surface area contributed by atoms with Crippen molar-refractivity contribution in [2.75, 3.05) is 0 Å². The molecule has 1 aromatic heterocycles. The second-order valence-corrected chi connectivity index (χ2v) is 6.65. The van der Waals surface area contributed by atoms with E-state index >= 15 is 0 Å². The average Bonchev–Trinajstić information content (AvgIpc) is 2.81. The number of aromatic nitrogens is 2. The minimum Gasteiger partial charge on any atom is -0.389 e. The molecule has 1 aromatic rings. The zero-order valence-electron chi connectivity index (χ0n) is 13.3. The van der Waals surface area contributed by atoms with E-state index in [4.69, 9.17) is 0 Å². The van der Waals surface area contributed by atoms with Crippen LogP contribution in [0.25, 0.3) is 0 Å². The van der Waals surface area contributed by atoms with Crippen molar-refractivity contribution >= 4 is 0 Å². The van der Waals surface area contributed by atoms with Gasteiger partial charge in [0.05, 0.1) is 11.3 Å². The molecule has 3 heteroatoms. The number of hydrogen-bond acceptors (Lipinski definition) is 2. The molecule has 1 aliphatic carbocycles. The van der Waals surface area contributed by atoms with E-state index in [-0.39, 0.29) is 0 Å². The van der Waals surface area contributed by atoms with Crippen LogP contribution in [0, 0.1) is 5.92 Å². The Morgan fingerprint density at radius 2 is 2.20 bits per heavy atom. The molecular formula is C17H30N2O. The van der Waals surface area contributed by atoms with Gasteiger partial charge in [0.2, 0.25) is 0 Å². The lowest BCUT2D eigenvalue weighted by Gasteiger charge is -2.26. The van der Waals surface area contributed by atoms with Crippen molar-refractivity contribution in [1.29, 1.82) is 0 Å². The van der Waals surface area contributed by atoms with Crippen molar-refractivity contribution in [3.05, 3.63) is 18.0 Å². The second kappa shape index (κ2) is 6.75. The Morgan fingerprint density at radius 1 is 1.40 bits per heavy atom. The van der Waals surface area contributed by atoms with Gasteiger partial charge in [-0.3, -0.25) is 4.68 Å². The molecule has 1 saturated carbocycles. The van der Waals surface area contributed by atoms with E-state index in [0.29, 0.717) is 12.5 Å². The number of nitrogens with zero attached hydrogens (tertiary/aromatic N) is 2. The zero-order chi connectivity index (χ0) is 14.6. The molecule has 1 fully saturated rings. The third-order valence-electron chi connectivity index (χ3n) is 5.07. The molecule has 0 bridgehead atoms. The van der Waals surface area contributed by atoms with Crippen LogP contribution in [0.1, 0.15) is 77.5 Å². The average molecular weight is 278 g/mol. The van der Waals surface area contributed by atoms with Crippen molar-refractivity contribution in [2.24, 2.45) is 5.92 Å². The van der Waals surface area contributed by atoms with Crippen LogP contribution in [0.4, 0.5) is 0 Å². The van der Waals surface area contributed by atoms with Gasteiger partial charge in [0.1, 0.15) is 0 Å². The fraction of sp³-hybridized carbons (Fsp3) is 0.824. The summed E-state index contributed by atoms with van der Waals surface area (Å²) < 4.78 is 2.03. The van der Waals surface area contributed by atoms with Crippen LogP contribution >= 0.6 is 0 Å². The molecule has 2 rings (SSSR count). The minimum absolute atomic E-state index is 0.442. The van der Waals surface area contributed by atoms with Gasteiger partial charge in [0.25, 0.3) is 0 Å². The summed E-state index contributed by atoms with van der Waals surface area (Å²) in [5.74, 6) is 0.807. The van der Waals surface area contributed by atoms with E-state index in [1.54, 1.807) is 0 Å². The van der Waals surface area contributed by atoms with Gasteiger partial charge in [-0.1, -0.05) is 33.1 Å². The highest BCUT2D eigenvalue weighted by Gasteiger charge is 2.31. The van der Waals surface area contributed by atoms with E-state index in [0.717, 1.165) is 37.3 Å². The molecule has 1 aliphatic rings. The lowest BCUT2D eigenvalue weighted by Crippen LogP contribution is -2.31. The highest BCUT2D eigenvalue weighted by Crippen LogP contribution is 2.33. The SMILES string of the molecule is CCC1CCCC(O)(Cc2ccn(C(C)CC)n2)CC1. The normalized spacial score (nSPS) is 29.1. The molecule has 0 saturated heterocycles. The van der Waals surface area contributed by atoms with Crippen LogP contribution in [0.15, 0.2) is 12.3 Å². The molecule has 3 atom stereocenters. The third kappa shape index (κ3) is 3.85. The van der Waals surface area contributed by atoms with Gasteiger partial charge in [-0.15, -0.1) is 0 Å². The van der Waals surface area contributed by atoms with Gasteiger partial charge in [-0.2, -0.15) is 5.10 Å². The van der Waals surface area contributed by atoms with Gasteiger partial charge in [-0.25, -0.2) is 0 Å². The van der Waals surface area contributed by atoms with Crippen molar-refractivity contribution in [3.8, 4) is 0 Å². The molecule has 1 heterocycles. The molecule has 0 spiro atoms. The Labute approximate surface area is 123 Å². The van der Waals surface area contributed by atoms with E-state index in [1.807, 2.05) is 4.68 Å². The predicted molar refractivity (Wildman–Crippen MR) is 82.7 cm³/mol. The number of hydrogen-bond donors (Lipinski definition) is 1. The number of rotatable bonds is 5. The Hall–Kier alpha value is -0.830. The molecule has 1 N–H and O–H groups in total. The Balaban J connectivity index is 1.99. The van der Waals surface area contributed by atoms with Gasteiger partial charge in [0, 0.05) is 18.7 Å². The maximum absolute atomic E-state index is 10.9. The Bertz CT molecular complexity index is 415. The lowest BCUT2D eigenvalue weighted by molar-refractivity contribution is 0.0231. The quantitative estimate of drug-likeness (QED) is 0.823. The van der Waals surface area contributed by atoms with Crippen molar-refractivity contribution in [3.63, 3.8) is 0 Å². The Morgan fingerprint density at radius 3 is 2.90 bits per heavy atom. The van der Waals surface area contributed by atoms with Gasteiger partial charge in [0.15, 0.2) is 0 Å². The summed E-state index contributed by atoms with van der Waals surface area (Å²) in [7, 11) is 0. The maximum atomic E-state index is 10.9. The molecule has 0 radical (unpaired) electrons. The minimum atomic E-state index is -0.529. The first-order chi connectivity index (χ1) is 9.56. The van der Waals surface area contributed by atoms with E-state index in [1.165, 1.54) is 19.3 Å². The monoisotopic (exact) mass is 278 g/mol. The van der Waals surface area contributed by atoms with E-state index < -0.39 is 5.60 Å². The molecular weight excluding hydrogens is 248 g/mol. The first kappa shape index (κ1) is 15.6. The molecule has 3 unspecified atom stereocenters. The molecule has 0 amide bonds. The fourth-order valence-corrected chi connectivity index (χ4v) is 3.29. The summed E-state index contributed by atoms with van der Waals surface area (Å²) >= 11 is 0. The van der Waals surface area contributed by atoms with Crippen molar-refractivity contribution in [2.45, 2.75) is 83.8 Å². The van der Waals surface area contributed by atoms with E-state index in [9.17, 15) is 5.11 Å². The van der Waals surface area contributed by atoms with Crippen LogP contribution < -0.4 is 0 Å². The van der Waals surface area contributed by atoms with Crippen LogP contribution in [-0.2, 0) is 6.42 Å². The van der Waals surface area contributed by atoms with Gasteiger partial charge < -0.3 is 5.11 Å². The summed E-state index contributed by atoms with van der Waals surface area (Å²) in [5, 5.41) is 15.5. The lowest BCUT2D eigenvalue weighted by atomic mass is 9.89. The number of aliphatic hydroxyl groups is 1.